The van der Waals surface area contributed by atoms with E-state index in [1.54, 1.807) is 0 Å². The summed E-state index contributed by atoms with van der Waals surface area (Å²) in [5.74, 6) is 0. The van der Waals surface area contributed by atoms with Crippen molar-refractivity contribution in [1.82, 2.24) is 0 Å². The number of benzene rings is 5. The van der Waals surface area contributed by atoms with Gasteiger partial charge in [-0.1, -0.05) is 91.0 Å². The Morgan fingerprint density at radius 2 is 1.06 bits per heavy atom. The number of hydrogen-bond acceptors (Lipinski definition) is 2. The molecule has 0 atom stereocenters. The van der Waals surface area contributed by atoms with Crippen LogP contribution in [0.2, 0.25) is 0 Å². The molecule has 0 fully saturated rings. The molecule has 2 nitrogen and oxygen atoms in total. The van der Waals surface area contributed by atoms with Gasteiger partial charge >= 0.3 is 0 Å². The number of nitrogens with zero attached hydrogens (tertiary/aromatic N) is 1. The fraction of sp³-hybridized carbons (Fsp3) is 0.118. The minimum absolute atomic E-state index is 0.0888. The number of anilines is 2. The van der Waals surface area contributed by atoms with Crippen LogP contribution in [0.25, 0.3) is 44.2 Å². The highest BCUT2D eigenvalue weighted by Gasteiger charge is 2.24. The number of hydrogen-bond donors (Lipinski definition) is 0. The lowest BCUT2D eigenvalue weighted by atomic mass is 9.99. The minimum atomic E-state index is -0.0888. The summed E-state index contributed by atoms with van der Waals surface area (Å²) in [5.41, 5.74) is 8.84. The lowest BCUT2D eigenvalue weighted by molar-refractivity contribution is 0.560. The molecular weight excluding hydrogens is 438 g/mol. The number of fused-ring (bicyclic) bond motifs is 3. The normalized spacial score (nSPS) is 11.8. The van der Waals surface area contributed by atoms with Crippen LogP contribution < -0.4 is 4.90 Å². The van der Waals surface area contributed by atoms with E-state index in [1.807, 2.05) is 12.1 Å². The van der Waals surface area contributed by atoms with Crippen molar-refractivity contribution in [3.63, 3.8) is 0 Å². The molecule has 6 rings (SSSR count). The van der Waals surface area contributed by atoms with Crippen molar-refractivity contribution in [3.8, 4) is 22.3 Å². The first kappa shape index (κ1) is 22.2. The van der Waals surface area contributed by atoms with Crippen LogP contribution in [0.3, 0.4) is 0 Å². The van der Waals surface area contributed by atoms with Crippen LogP contribution in [0.5, 0.6) is 0 Å². The molecule has 36 heavy (non-hydrogen) atoms. The van der Waals surface area contributed by atoms with Crippen LogP contribution in [-0.2, 0) is 0 Å². The maximum Gasteiger partial charge on any atom is 0.143 e. The van der Waals surface area contributed by atoms with Crippen molar-refractivity contribution in [2.75, 3.05) is 4.90 Å². The largest absolute Gasteiger partial charge is 0.455 e. The number of furan rings is 1. The Morgan fingerprint density at radius 3 is 1.72 bits per heavy atom. The van der Waals surface area contributed by atoms with Crippen molar-refractivity contribution in [2.45, 2.75) is 26.3 Å². The molecule has 6 aromatic rings. The molecule has 1 heterocycles. The molecule has 0 saturated heterocycles. The van der Waals surface area contributed by atoms with E-state index in [-0.39, 0.29) is 5.54 Å². The molecule has 0 aliphatic rings. The number of rotatable bonds is 4. The smallest absolute Gasteiger partial charge is 0.143 e. The summed E-state index contributed by atoms with van der Waals surface area (Å²) in [6, 6.07) is 42.8. The summed E-state index contributed by atoms with van der Waals surface area (Å²) < 4.78 is 6.28. The molecule has 0 unspecified atom stereocenters. The van der Waals surface area contributed by atoms with E-state index in [0.717, 1.165) is 38.8 Å². The zero-order valence-electron chi connectivity index (χ0n) is 20.9. The topological polar surface area (TPSA) is 16.4 Å². The molecule has 5 aromatic carbocycles. The molecular formula is C34H29NO. The Labute approximate surface area is 212 Å². The van der Waals surface area contributed by atoms with Gasteiger partial charge in [-0.05, 0) is 67.8 Å². The first-order valence-corrected chi connectivity index (χ1v) is 12.5. The Kier molecular flexibility index (Phi) is 5.38. The molecule has 0 spiro atoms. The van der Waals surface area contributed by atoms with Crippen molar-refractivity contribution >= 4 is 33.3 Å². The van der Waals surface area contributed by atoms with Crippen molar-refractivity contribution in [3.05, 3.63) is 121 Å². The Balaban J connectivity index is 1.37. The van der Waals surface area contributed by atoms with Crippen LogP contribution in [0.1, 0.15) is 20.8 Å². The maximum atomic E-state index is 6.28. The third kappa shape index (κ3) is 3.95. The zero-order valence-corrected chi connectivity index (χ0v) is 20.9. The van der Waals surface area contributed by atoms with Crippen LogP contribution >= 0.6 is 0 Å². The fourth-order valence-corrected chi connectivity index (χ4v) is 5.12. The Morgan fingerprint density at radius 1 is 0.500 bits per heavy atom. The van der Waals surface area contributed by atoms with Gasteiger partial charge in [0.2, 0.25) is 0 Å². The van der Waals surface area contributed by atoms with E-state index in [4.69, 9.17) is 4.42 Å². The Hall–Kier alpha value is -4.30. The highest BCUT2D eigenvalue weighted by Crippen LogP contribution is 2.38. The molecule has 2 heteroatoms. The monoisotopic (exact) mass is 467 g/mol. The van der Waals surface area contributed by atoms with Crippen molar-refractivity contribution in [2.24, 2.45) is 0 Å². The summed E-state index contributed by atoms with van der Waals surface area (Å²) in [5, 5.41) is 2.31. The summed E-state index contributed by atoms with van der Waals surface area (Å²) in [6.07, 6.45) is 0. The predicted octanol–water partition coefficient (Wildman–Crippen LogP) is 9.86. The third-order valence-electron chi connectivity index (χ3n) is 6.74. The highest BCUT2D eigenvalue weighted by atomic mass is 16.3. The first-order valence-electron chi connectivity index (χ1n) is 12.5. The molecule has 0 aliphatic carbocycles. The van der Waals surface area contributed by atoms with Crippen molar-refractivity contribution in [1.29, 1.82) is 0 Å². The SMILES string of the molecule is CC(C)(C)N(c1ccc(-c2ccccc2)cc1)c1ccc(-c2cccc3c2oc2ccccc23)cc1. The van der Waals surface area contributed by atoms with Gasteiger partial charge in [-0.2, -0.15) is 0 Å². The Bertz CT molecular complexity index is 1640. The highest BCUT2D eigenvalue weighted by molar-refractivity contribution is 6.09. The number of para-hydroxylation sites is 2. The van der Waals surface area contributed by atoms with E-state index in [1.165, 1.54) is 16.8 Å². The molecule has 176 valence electrons. The fourth-order valence-electron chi connectivity index (χ4n) is 5.12. The minimum Gasteiger partial charge on any atom is -0.455 e. The van der Waals surface area contributed by atoms with Gasteiger partial charge in [0.05, 0.1) is 0 Å². The van der Waals surface area contributed by atoms with Gasteiger partial charge < -0.3 is 9.32 Å². The van der Waals surface area contributed by atoms with Gasteiger partial charge in [-0.25, -0.2) is 0 Å². The second-order valence-corrected chi connectivity index (χ2v) is 10.2. The summed E-state index contributed by atoms with van der Waals surface area (Å²) in [6.45, 7) is 6.75. The standard InChI is InChI=1S/C34H29NO/c1-34(2,3)35(27-20-16-25(17-21-27)24-10-5-4-6-11-24)28-22-18-26(19-23-28)29-13-9-14-31-30-12-7-8-15-32(30)36-33(29)31/h4-23H,1-3H3. The lowest BCUT2D eigenvalue weighted by Crippen LogP contribution is -2.37. The third-order valence-corrected chi connectivity index (χ3v) is 6.74. The van der Waals surface area contributed by atoms with E-state index in [0.29, 0.717) is 0 Å². The summed E-state index contributed by atoms with van der Waals surface area (Å²) in [7, 11) is 0. The zero-order chi connectivity index (χ0) is 24.7. The summed E-state index contributed by atoms with van der Waals surface area (Å²) in [4.78, 5) is 2.40. The van der Waals surface area contributed by atoms with E-state index in [2.05, 4.69) is 135 Å². The molecule has 0 saturated carbocycles. The van der Waals surface area contributed by atoms with Gasteiger partial charge in [-0.3, -0.25) is 0 Å². The predicted molar refractivity (Wildman–Crippen MR) is 153 cm³/mol. The molecule has 0 N–H and O–H groups in total. The summed E-state index contributed by atoms with van der Waals surface area (Å²) >= 11 is 0. The molecule has 0 bridgehead atoms. The average Bonchev–Trinajstić information content (AvgIpc) is 3.28. The van der Waals surface area contributed by atoms with Crippen LogP contribution in [0.15, 0.2) is 126 Å². The first-order chi connectivity index (χ1) is 17.5. The van der Waals surface area contributed by atoms with Gasteiger partial charge in [0.1, 0.15) is 11.2 Å². The van der Waals surface area contributed by atoms with E-state index >= 15 is 0 Å². The molecule has 0 radical (unpaired) electrons. The van der Waals surface area contributed by atoms with Crippen molar-refractivity contribution < 1.29 is 4.42 Å². The second-order valence-electron chi connectivity index (χ2n) is 10.2. The van der Waals surface area contributed by atoms with Gasteiger partial charge in [0.15, 0.2) is 0 Å². The molecule has 1 aromatic heterocycles. The van der Waals surface area contributed by atoms with E-state index < -0.39 is 0 Å². The average molecular weight is 468 g/mol. The second kappa shape index (κ2) is 8.73. The maximum absolute atomic E-state index is 6.28. The quantitative estimate of drug-likeness (QED) is 0.256. The van der Waals surface area contributed by atoms with Crippen LogP contribution in [0.4, 0.5) is 11.4 Å². The van der Waals surface area contributed by atoms with Gasteiger partial charge in [0, 0.05) is 33.2 Å². The lowest BCUT2D eigenvalue weighted by Gasteiger charge is -2.38. The van der Waals surface area contributed by atoms with Gasteiger partial charge in [-0.15, -0.1) is 0 Å². The molecule has 0 amide bonds. The van der Waals surface area contributed by atoms with Crippen LogP contribution in [-0.4, -0.2) is 5.54 Å². The van der Waals surface area contributed by atoms with Crippen LogP contribution in [0, 0.1) is 0 Å². The molecule has 0 aliphatic heterocycles. The van der Waals surface area contributed by atoms with E-state index in [9.17, 15) is 0 Å². The van der Waals surface area contributed by atoms with Gasteiger partial charge in [0.25, 0.3) is 0 Å².